The molecule has 0 radical (unpaired) electrons. The number of hydrogen-bond acceptors (Lipinski definition) is 4. The number of carbonyl (C=O) groups excluding carboxylic acids is 1. The predicted molar refractivity (Wildman–Crippen MR) is 127 cm³/mol. The Hall–Kier alpha value is -2.89. The number of ether oxygens (including phenoxy) is 2. The van der Waals surface area contributed by atoms with Crippen molar-refractivity contribution in [1.82, 2.24) is 4.90 Å². The fourth-order valence-electron chi connectivity index (χ4n) is 4.74. The summed E-state index contributed by atoms with van der Waals surface area (Å²) >= 11 is 0. The highest BCUT2D eigenvalue weighted by Gasteiger charge is 2.58. The van der Waals surface area contributed by atoms with E-state index < -0.39 is 11.4 Å². The second-order valence-corrected chi connectivity index (χ2v) is 10.0. The highest BCUT2D eigenvalue weighted by atomic mass is 19.1. The zero-order valence-corrected chi connectivity index (χ0v) is 20.4. The van der Waals surface area contributed by atoms with Gasteiger partial charge in [0.25, 0.3) is 0 Å². The van der Waals surface area contributed by atoms with Crippen LogP contribution in [0.4, 0.5) is 4.39 Å². The Labute approximate surface area is 195 Å². The van der Waals surface area contributed by atoms with Crippen LogP contribution in [0, 0.1) is 18.2 Å². The van der Waals surface area contributed by atoms with E-state index in [0.717, 1.165) is 29.5 Å². The molecule has 1 aliphatic heterocycles. The van der Waals surface area contributed by atoms with Crippen LogP contribution in [0.1, 0.15) is 80.1 Å². The van der Waals surface area contributed by atoms with Gasteiger partial charge in [-0.15, -0.1) is 0 Å². The zero-order chi connectivity index (χ0) is 24.1. The lowest BCUT2D eigenvalue weighted by molar-refractivity contribution is 0.0943. The number of halogens is 1. The standard InChI is InChI=1S/C27H33FN2O3/c1-7-32-21-14-19-22(23(28)24(21)33-8-2)25(29)30(27(19)9-10-27)15-20(31)17-11-16(3)12-18(13-17)26(4,5)6/h11-14,29H,7-10,15H2,1-6H3. The van der Waals surface area contributed by atoms with Gasteiger partial charge in [-0.2, -0.15) is 0 Å². The van der Waals surface area contributed by atoms with Gasteiger partial charge in [0.1, 0.15) is 5.84 Å². The Morgan fingerprint density at radius 1 is 1.12 bits per heavy atom. The largest absolute Gasteiger partial charge is 0.490 e. The van der Waals surface area contributed by atoms with Gasteiger partial charge in [-0.25, -0.2) is 4.39 Å². The smallest absolute Gasteiger partial charge is 0.197 e. The molecule has 0 amide bonds. The maximum atomic E-state index is 15.6. The second kappa shape index (κ2) is 8.15. The van der Waals surface area contributed by atoms with Gasteiger partial charge in [0.2, 0.25) is 0 Å². The van der Waals surface area contributed by atoms with Gasteiger partial charge < -0.3 is 14.4 Å². The number of carbonyl (C=O) groups is 1. The molecule has 1 spiro atoms. The lowest BCUT2D eigenvalue weighted by Crippen LogP contribution is -2.38. The summed E-state index contributed by atoms with van der Waals surface area (Å²) in [6.07, 6.45) is 1.55. The van der Waals surface area contributed by atoms with E-state index in [9.17, 15) is 4.79 Å². The minimum atomic E-state index is -0.574. The summed E-state index contributed by atoms with van der Waals surface area (Å²) < 4.78 is 26.8. The van der Waals surface area contributed by atoms with Gasteiger partial charge in [-0.3, -0.25) is 10.2 Å². The van der Waals surface area contributed by atoms with Crippen LogP contribution in [0.2, 0.25) is 0 Å². The number of Topliss-reactive ketones (excluding diaryl/α,β-unsaturated/α-hetero) is 1. The monoisotopic (exact) mass is 452 g/mol. The third-order valence-corrected chi connectivity index (χ3v) is 6.59. The number of benzene rings is 2. The van der Waals surface area contributed by atoms with E-state index in [4.69, 9.17) is 14.9 Å². The lowest BCUT2D eigenvalue weighted by Gasteiger charge is -2.26. The van der Waals surface area contributed by atoms with Crippen molar-refractivity contribution in [3.63, 3.8) is 0 Å². The Kier molecular flexibility index (Phi) is 5.75. The quantitative estimate of drug-likeness (QED) is 0.544. The topological polar surface area (TPSA) is 62.6 Å². The number of nitrogens with one attached hydrogen (secondary N) is 1. The highest BCUT2D eigenvalue weighted by molar-refractivity contribution is 6.07. The summed E-state index contributed by atoms with van der Waals surface area (Å²) in [5.74, 6) is -0.198. The fourth-order valence-corrected chi connectivity index (χ4v) is 4.74. The first-order valence-electron chi connectivity index (χ1n) is 11.7. The van der Waals surface area contributed by atoms with Crippen molar-refractivity contribution >= 4 is 11.6 Å². The van der Waals surface area contributed by atoms with Gasteiger partial charge >= 0.3 is 0 Å². The van der Waals surface area contributed by atoms with Crippen LogP contribution in [0.25, 0.3) is 0 Å². The van der Waals surface area contributed by atoms with E-state index in [1.54, 1.807) is 11.8 Å². The average Bonchev–Trinajstić information content (AvgIpc) is 3.50. The number of aryl methyl sites for hydroxylation is 1. The molecule has 1 N–H and O–H groups in total. The second-order valence-electron chi connectivity index (χ2n) is 10.0. The molecule has 33 heavy (non-hydrogen) atoms. The average molecular weight is 453 g/mol. The number of fused-ring (bicyclic) bond motifs is 2. The fraction of sp³-hybridized carbons (Fsp3) is 0.481. The molecule has 5 nitrogen and oxygen atoms in total. The van der Waals surface area contributed by atoms with Crippen molar-refractivity contribution in [2.75, 3.05) is 19.8 Å². The summed E-state index contributed by atoms with van der Waals surface area (Å²) in [5.41, 5.74) is 3.11. The maximum absolute atomic E-state index is 15.6. The first-order chi connectivity index (χ1) is 15.5. The molecule has 6 heteroatoms. The molecule has 2 aromatic carbocycles. The van der Waals surface area contributed by atoms with Crippen molar-refractivity contribution < 1.29 is 18.7 Å². The molecule has 2 aliphatic rings. The van der Waals surface area contributed by atoms with Crippen LogP contribution in [0.15, 0.2) is 24.3 Å². The minimum Gasteiger partial charge on any atom is -0.490 e. The van der Waals surface area contributed by atoms with Gasteiger partial charge in [0.15, 0.2) is 23.1 Å². The molecule has 0 atom stereocenters. The molecule has 0 aromatic heterocycles. The highest BCUT2D eigenvalue weighted by Crippen LogP contribution is 2.58. The molecule has 4 rings (SSSR count). The van der Waals surface area contributed by atoms with E-state index in [-0.39, 0.29) is 34.9 Å². The summed E-state index contributed by atoms with van der Waals surface area (Å²) in [6.45, 7) is 12.7. The summed E-state index contributed by atoms with van der Waals surface area (Å²) in [4.78, 5) is 15.2. The third kappa shape index (κ3) is 3.90. The first kappa shape index (κ1) is 23.3. The summed E-state index contributed by atoms with van der Waals surface area (Å²) in [7, 11) is 0. The van der Waals surface area contributed by atoms with Gasteiger partial charge in [0.05, 0.1) is 30.9 Å². The molecule has 1 heterocycles. The number of rotatable bonds is 7. The van der Waals surface area contributed by atoms with Crippen LogP contribution in [0.3, 0.4) is 0 Å². The van der Waals surface area contributed by atoms with Crippen molar-refractivity contribution in [2.24, 2.45) is 0 Å². The van der Waals surface area contributed by atoms with Crippen LogP contribution in [0.5, 0.6) is 11.5 Å². The Morgan fingerprint density at radius 2 is 1.79 bits per heavy atom. The molecule has 0 bridgehead atoms. The minimum absolute atomic E-state index is 0.0356. The van der Waals surface area contributed by atoms with Crippen LogP contribution in [-0.2, 0) is 11.0 Å². The Bertz CT molecular complexity index is 1130. The van der Waals surface area contributed by atoms with Crippen molar-refractivity contribution in [3.05, 3.63) is 57.9 Å². The van der Waals surface area contributed by atoms with Gasteiger partial charge in [-0.1, -0.05) is 32.4 Å². The molecular weight excluding hydrogens is 419 g/mol. The van der Waals surface area contributed by atoms with Crippen LogP contribution < -0.4 is 9.47 Å². The molecular formula is C27H33FN2O3. The third-order valence-electron chi connectivity index (χ3n) is 6.59. The first-order valence-corrected chi connectivity index (χ1v) is 11.7. The Balaban J connectivity index is 1.71. The molecule has 1 fully saturated rings. The van der Waals surface area contributed by atoms with E-state index in [0.29, 0.717) is 24.5 Å². The molecule has 0 unspecified atom stereocenters. The number of hydrogen-bond donors (Lipinski definition) is 1. The van der Waals surface area contributed by atoms with E-state index in [1.165, 1.54) is 0 Å². The van der Waals surface area contributed by atoms with Crippen LogP contribution >= 0.6 is 0 Å². The molecule has 2 aromatic rings. The normalized spacial score (nSPS) is 16.2. The molecule has 1 saturated carbocycles. The van der Waals surface area contributed by atoms with E-state index >= 15 is 4.39 Å². The molecule has 0 saturated heterocycles. The summed E-state index contributed by atoms with van der Waals surface area (Å²) in [6, 6.07) is 7.75. The van der Waals surface area contributed by atoms with Gasteiger partial charge in [-0.05, 0) is 68.4 Å². The number of ketones is 1. The summed E-state index contributed by atoms with van der Waals surface area (Å²) in [5, 5.41) is 8.80. The van der Waals surface area contributed by atoms with Crippen molar-refractivity contribution in [1.29, 1.82) is 5.41 Å². The number of amidine groups is 1. The number of nitrogens with zero attached hydrogens (tertiary/aromatic N) is 1. The maximum Gasteiger partial charge on any atom is 0.197 e. The Morgan fingerprint density at radius 3 is 2.36 bits per heavy atom. The van der Waals surface area contributed by atoms with E-state index in [1.807, 2.05) is 32.0 Å². The van der Waals surface area contributed by atoms with Crippen LogP contribution in [-0.4, -0.2) is 36.3 Å². The lowest BCUT2D eigenvalue weighted by atomic mass is 9.84. The molecule has 1 aliphatic carbocycles. The van der Waals surface area contributed by atoms with E-state index in [2.05, 4.69) is 26.8 Å². The predicted octanol–water partition coefficient (Wildman–Crippen LogP) is 5.74. The molecule has 176 valence electrons. The van der Waals surface area contributed by atoms with Crippen molar-refractivity contribution in [3.8, 4) is 11.5 Å². The van der Waals surface area contributed by atoms with Crippen molar-refractivity contribution in [2.45, 2.75) is 65.3 Å². The zero-order valence-electron chi connectivity index (χ0n) is 20.4. The van der Waals surface area contributed by atoms with Gasteiger partial charge in [0, 0.05) is 5.56 Å². The SMILES string of the molecule is CCOc1cc2c(c(F)c1OCC)C(=N)N(CC(=O)c1cc(C)cc(C(C)(C)C)c1)C21CC1.